The number of nitrogens with two attached hydrogens (primary N) is 1. The Kier molecular flexibility index (Phi) is 8.99. The number of hydrogen-bond acceptors (Lipinski definition) is 3. The Morgan fingerprint density at radius 2 is 2.06 bits per heavy atom. The number of thiocarbonyl (C=S) groups is 1. The summed E-state index contributed by atoms with van der Waals surface area (Å²) in [7, 11) is 0. The van der Waals surface area contributed by atoms with Gasteiger partial charge in [-0.15, -0.1) is 0 Å². The van der Waals surface area contributed by atoms with Crippen molar-refractivity contribution in [1.29, 1.82) is 0 Å². The van der Waals surface area contributed by atoms with Crippen molar-refractivity contribution in [2.45, 2.75) is 33.6 Å². The highest BCUT2D eigenvalue weighted by atomic mass is 32.1. The number of ether oxygens (including phenoxy) is 1. The molecule has 4 nitrogen and oxygen atoms in total. The van der Waals surface area contributed by atoms with Gasteiger partial charge in [-0.25, -0.2) is 0 Å². The van der Waals surface area contributed by atoms with Gasteiger partial charge in [0.05, 0.1) is 10.9 Å². The topological polar surface area (TPSA) is 64.3 Å². The Morgan fingerprint density at radius 3 is 2.53 bits per heavy atom. The van der Waals surface area contributed by atoms with Crippen molar-refractivity contribution in [2.75, 3.05) is 19.8 Å². The second-order valence-electron chi connectivity index (χ2n) is 4.38. The Morgan fingerprint density at radius 1 is 1.41 bits per heavy atom. The van der Waals surface area contributed by atoms with Crippen LogP contribution in [0.25, 0.3) is 0 Å². The van der Waals surface area contributed by atoms with Crippen molar-refractivity contribution >= 4 is 23.1 Å². The Balaban J connectivity index is 3.80. The minimum atomic E-state index is -0.374. The molecule has 0 bridgehead atoms. The maximum atomic E-state index is 11.8. The fourth-order valence-corrected chi connectivity index (χ4v) is 1.88. The second kappa shape index (κ2) is 9.36. The van der Waals surface area contributed by atoms with Crippen molar-refractivity contribution in [3.8, 4) is 0 Å². The molecule has 0 rings (SSSR count). The van der Waals surface area contributed by atoms with Gasteiger partial charge in [-0.1, -0.05) is 33.0 Å². The van der Waals surface area contributed by atoms with E-state index in [1.807, 2.05) is 13.8 Å². The zero-order chi connectivity index (χ0) is 13.3. The van der Waals surface area contributed by atoms with Crippen LogP contribution in [0.4, 0.5) is 0 Å². The highest BCUT2D eigenvalue weighted by molar-refractivity contribution is 7.80. The number of carbonyl (C=O) groups excluding carboxylic acids is 1. The lowest BCUT2D eigenvalue weighted by molar-refractivity contribution is -0.124. The summed E-state index contributed by atoms with van der Waals surface area (Å²) in [6, 6.07) is 0. The lowest BCUT2D eigenvalue weighted by Gasteiger charge is -2.18. The molecule has 0 saturated carbocycles. The number of hydrogen-bond donors (Lipinski definition) is 2. The van der Waals surface area contributed by atoms with E-state index in [9.17, 15) is 4.79 Å². The maximum absolute atomic E-state index is 11.8. The van der Waals surface area contributed by atoms with Crippen molar-refractivity contribution in [2.24, 2.45) is 17.6 Å². The van der Waals surface area contributed by atoms with Gasteiger partial charge in [0.25, 0.3) is 0 Å². The van der Waals surface area contributed by atoms with E-state index in [2.05, 4.69) is 12.2 Å². The first-order chi connectivity index (χ1) is 8.00. The first-order valence-electron chi connectivity index (χ1n) is 6.15. The third-order valence-corrected chi connectivity index (χ3v) is 2.62. The van der Waals surface area contributed by atoms with E-state index in [1.54, 1.807) is 0 Å². The molecule has 0 aromatic heterocycles. The van der Waals surface area contributed by atoms with Crippen LogP contribution in [0.2, 0.25) is 0 Å². The van der Waals surface area contributed by atoms with Crippen LogP contribution in [-0.2, 0) is 9.53 Å². The summed E-state index contributed by atoms with van der Waals surface area (Å²) < 4.78 is 5.32. The molecule has 17 heavy (non-hydrogen) atoms. The van der Waals surface area contributed by atoms with Gasteiger partial charge in [0.2, 0.25) is 5.91 Å². The zero-order valence-electron chi connectivity index (χ0n) is 11.0. The summed E-state index contributed by atoms with van der Waals surface area (Å²) in [6.45, 7) is 8.00. The second-order valence-corrected chi connectivity index (χ2v) is 4.85. The molecule has 0 aliphatic carbocycles. The fourth-order valence-electron chi connectivity index (χ4n) is 1.50. The average molecular weight is 260 g/mol. The molecule has 0 radical (unpaired) electrons. The molecule has 1 unspecified atom stereocenters. The third-order valence-electron chi connectivity index (χ3n) is 2.37. The molecule has 0 saturated heterocycles. The normalized spacial score (nSPS) is 12.5. The number of carbonyl (C=O) groups is 1. The number of nitrogens with one attached hydrogen (secondary N) is 1. The first kappa shape index (κ1) is 16.3. The van der Waals surface area contributed by atoms with Crippen LogP contribution in [0.3, 0.4) is 0 Å². The quantitative estimate of drug-likeness (QED) is 0.487. The van der Waals surface area contributed by atoms with Crippen molar-refractivity contribution in [1.82, 2.24) is 5.32 Å². The summed E-state index contributed by atoms with van der Waals surface area (Å²) in [6.07, 6.45) is 1.83. The van der Waals surface area contributed by atoms with Gasteiger partial charge in [0.15, 0.2) is 0 Å². The highest BCUT2D eigenvalue weighted by Gasteiger charge is 2.24. The van der Waals surface area contributed by atoms with Gasteiger partial charge in [-0.3, -0.25) is 4.79 Å². The molecule has 0 fully saturated rings. The van der Waals surface area contributed by atoms with Crippen LogP contribution < -0.4 is 11.1 Å². The van der Waals surface area contributed by atoms with Gasteiger partial charge in [-0.2, -0.15) is 0 Å². The summed E-state index contributed by atoms with van der Waals surface area (Å²) in [5.41, 5.74) is 5.55. The SMILES string of the molecule is CCCOCCCNC(=O)C(C(N)=S)C(C)C. The zero-order valence-corrected chi connectivity index (χ0v) is 11.8. The molecule has 0 aromatic rings. The summed E-state index contributed by atoms with van der Waals surface area (Å²) >= 11 is 4.90. The van der Waals surface area contributed by atoms with Crippen LogP contribution in [0.15, 0.2) is 0 Å². The monoisotopic (exact) mass is 260 g/mol. The minimum Gasteiger partial charge on any atom is -0.393 e. The van der Waals surface area contributed by atoms with Crippen molar-refractivity contribution < 1.29 is 9.53 Å². The highest BCUT2D eigenvalue weighted by Crippen LogP contribution is 2.11. The lowest BCUT2D eigenvalue weighted by Crippen LogP contribution is -2.41. The molecular weight excluding hydrogens is 236 g/mol. The predicted octanol–water partition coefficient (Wildman–Crippen LogP) is 1.48. The van der Waals surface area contributed by atoms with Crippen LogP contribution in [-0.4, -0.2) is 30.7 Å². The molecule has 100 valence electrons. The lowest BCUT2D eigenvalue weighted by atomic mass is 9.95. The van der Waals surface area contributed by atoms with Crippen LogP contribution >= 0.6 is 12.2 Å². The number of amides is 1. The molecule has 1 atom stereocenters. The smallest absolute Gasteiger partial charge is 0.230 e. The van der Waals surface area contributed by atoms with Gasteiger partial charge >= 0.3 is 0 Å². The van der Waals surface area contributed by atoms with Crippen molar-refractivity contribution in [3.05, 3.63) is 0 Å². The molecule has 0 spiro atoms. The molecule has 0 aromatic carbocycles. The summed E-state index contributed by atoms with van der Waals surface area (Å²) in [5.74, 6) is -0.326. The summed E-state index contributed by atoms with van der Waals surface area (Å²) in [4.78, 5) is 12.1. The largest absolute Gasteiger partial charge is 0.393 e. The van der Waals surface area contributed by atoms with E-state index >= 15 is 0 Å². The van der Waals surface area contributed by atoms with Gasteiger partial charge in [0.1, 0.15) is 0 Å². The van der Waals surface area contributed by atoms with Crippen molar-refractivity contribution in [3.63, 3.8) is 0 Å². The minimum absolute atomic E-state index is 0.0806. The molecule has 0 heterocycles. The van der Waals surface area contributed by atoms with Gasteiger partial charge in [-0.05, 0) is 18.8 Å². The third kappa shape index (κ3) is 7.28. The maximum Gasteiger partial charge on any atom is 0.230 e. The Bertz CT molecular complexity index is 245. The van der Waals surface area contributed by atoms with E-state index < -0.39 is 0 Å². The summed E-state index contributed by atoms with van der Waals surface area (Å²) in [5, 5.41) is 2.84. The van der Waals surface area contributed by atoms with Crippen LogP contribution in [0, 0.1) is 11.8 Å². The number of rotatable bonds is 9. The predicted molar refractivity (Wildman–Crippen MR) is 73.9 cm³/mol. The Labute approximate surface area is 109 Å². The van der Waals surface area contributed by atoms with Gasteiger partial charge < -0.3 is 15.8 Å². The van der Waals surface area contributed by atoms with E-state index in [0.717, 1.165) is 19.4 Å². The molecule has 1 amide bonds. The molecule has 0 aliphatic heterocycles. The Hall–Kier alpha value is -0.680. The molecule has 5 heteroatoms. The first-order valence-corrected chi connectivity index (χ1v) is 6.56. The molecular formula is C12H24N2O2S. The molecule has 0 aliphatic rings. The molecule has 3 N–H and O–H groups in total. The average Bonchev–Trinajstić information content (AvgIpc) is 2.22. The van der Waals surface area contributed by atoms with E-state index in [0.29, 0.717) is 13.2 Å². The fraction of sp³-hybridized carbons (Fsp3) is 0.833. The van der Waals surface area contributed by atoms with Crippen LogP contribution in [0.1, 0.15) is 33.6 Å². The van der Waals surface area contributed by atoms with E-state index in [-0.39, 0.29) is 22.7 Å². The van der Waals surface area contributed by atoms with Crippen LogP contribution in [0.5, 0.6) is 0 Å². The standard InChI is InChI=1S/C12H24N2O2S/c1-4-7-16-8-5-6-14-12(15)10(9(2)3)11(13)17/h9-10H,4-8H2,1-3H3,(H2,13,17)(H,14,15). The van der Waals surface area contributed by atoms with Gasteiger partial charge in [0, 0.05) is 19.8 Å². The van der Waals surface area contributed by atoms with E-state index in [1.165, 1.54) is 0 Å². The van der Waals surface area contributed by atoms with E-state index in [4.69, 9.17) is 22.7 Å².